The van der Waals surface area contributed by atoms with Crippen molar-refractivity contribution in [1.82, 2.24) is 29.6 Å². The smallest absolute Gasteiger partial charge is 0.109 e. The molecule has 0 aliphatic carbocycles. The molecule has 1 aliphatic heterocycles. The first-order valence-corrected chi connectivity index (χ1v) is 10.4. The van der Waals surface area contributed by atoms with E-state index < -0.39 is 0 Å². The maximum absolute atomic E-state index is 4.57. The van der Waals surface area contributed by atoms with E-state index in [2.05, 4.69) is 79.4 Å². The normalized spacial score (nSPS) is 18.7. The van der Waals surface area contributed by atoms with E-state index >= 15 is 0 Å². The summed E-state index contributed by atoms with van der Waals surface area (Å²) in [7, 11) is 2.18. The molecule has 28 heavy (non-hydrogen) atoms. The fraction of sp³-hybridized carbons (Fsp3) is 0.286. The minimum Gasteiger partial charge on any atom is -0.296 e. The first-order valence-electron chi connectivity index (χ1n) is 9.47. The number of hydrogen-bond donors (Lipinski definition) is 0. The van der Waals surface area contributed by atoms with Crippen LogP contribution in [0.25, 0.3) is 16.6 Å². The fourth-order valence-electron chi connectivity index (χ4n) is 3.87. The molecule has 4 aromatic rings. The molecule has 1 saturated heterocycles. The number of likely N-dealkylation sites (N-methyl/N-ethyl adjacent to an activating group) is 1. The van der Waals surface area contributed by atoms with Gasteiger partial charge in [-0.1, -0.05) is 11.3 Å². The minimum atomic E-state index is 0.236. The lowest BCUT2D eigenvalue weighted by Gasteiger charge is -2.38. The van der Waals surface area contributed by atoms with E-state index in [1.54, 1.807) is 11.3 Å². The zero-order chi connectivity index (χ0) is 18.9. The van der Waals surface area contributed by atoms with Gasteiger partial charge in [0.2, 0.25) is 0 Å². The maximum atomic E-state index is 4.57. The van der Waals surface area contributed by atoms with Gasteiger partial charge in [-0.3, -0.25) is 14.8 Å². The summed E-state index contributed by atoms with van der Waals surface area (Å²) in [5.41, 5.74) is 5.83. The molecular formula is C21H22N6S. The molecule has 0 spiro atoms. The summed E-state index contributed by atoms with van der Waals surface area (Å²) < 4.78 is 1.91. The Labute approximate surface area is 168 Å². The molecule has 5 heterocycles. The molecule has 0 aromatic carbocycles. The molecule has 0 N–H and O–H groups in total. The molecule has 5 rings (SSSR count). The van der Waals surface area contributed by atoms with Crippen molar-refractivity contribution in [2.24, 2.45) is 0 Å². The molecule has 4 aromatic heterocycles. The molecule has 0 saturated carbocycles. The molecule has 0 bridgehead atoms. The van der Waals surface area contributed by atoms with Gasteiger partial charge in [0.15, 0.2) is 0 Å². The third-order valence-corrected chi connectivity index (χ3v) is 6.18. The Bertz CT molecular complexity index is 1060. The molecule has 0 amide bonds. The van der Waals surface area contributed by atoms with Crippen LogP contribution in [0, 0.1) is 0 Å². The standard InChI is InChI=1S/C21H22N6S/c1-25-9-10-26(12-16-4-7-22-8-5-16)14-20(25)21-19-3-2-17(13-27(19)24-23-21)18-6-11-28-15-18/h2-8,11,13,15,20H,9-10,12,14H2,1H3/t20-/m0/s1. The highest BCUT2D eigenvalue weighted by atomic mass is 32.1. The Kier molecular flexibility index (Phi) is 4.64. The van der Waals surface area contributed by atoms with Crippen LogP contribution in [0.1, 0.15) is 17.3 Å². The fourth-order valence-corrected chi connectivity index (χ4v) is 4.53. The Hall–Kier alpha value is -2.61. The van der Waals surface area contributed by atoms with Crippen LogP contribution in [-0.2, 0) is 6.54 Å². The first-order chi connectivity index (χ1) is 13.8. The van der Waals surface area contributed by atoms with Gasteiger partial charge in [0.05, 0.1) is 11.6 Å². The van der Waals surface area contributed by atoms with Crippen molar-refractivity contribution in [3.05, 3.63) is 70.9 Å². The van der Waals surface area contributed by atoms with Gasteiger partial charge >= 0.3 is 0 Å². The van der Waals surface area contributed by atoms with Crippen LogP contribution in [0.2, 0.25) is 0 Å². The number of piperazine rings is 1. The lowest BCUT2D eigenvalue weighted by Crippen LogP contribution is -2.46. The van der Waals surface area contributed by atoms with Gasteiger partial charge in [-0.05, 0) is 53.2 Å². The molecule has 1 aliphatic rings. The van der Waals surface area contributed by atoms with Crippen molar-refractivity contribution in [2.75, 3.05) is 26.7 Å². The average molecular weight is 391 g/mol. The van der Waals surface area contributed by atoms with E-state index in [1.807, 2.05) is 16.9 Å². The van der Waals surface area contributed by atoms with Crippen molar-refractivity contribution in [3.63, 3.8) is 0 Å². The Morgan fingerprint density at radius 2 is 1.96 bits per heavy atom. The van der Waals surface area contributed by atoms with Gasteiger partial charge in [-0.25, -0.2) is 4.52 Å². The topological polar surface area (TPSA) is 49.6 Å². The van der Waals surface area contributed by atoms with Crippen LogP contribution < -0.4 is 0 Å². The molecule has 7 heteroatoms. The summed E-state index contributed by atoms with van der Waals surface area (Å²) in [6.45, 7) is 3.95. The molecule has 0 unspecified atom stereocenters. The molecular weight excluding hydrogens is 368 g/mol. The Balaban J connectivity index is 1.41. The summed E-state index contributed by atoms with van der Waals surface area (Å²) in [5, 5.41) is 13.3. The SMILES string of the molecule is CN1CCN(Cc2ccncc2)C[C@H]1c1nnn2cc(-c3ccsc3)ccc12. The van der Waals surface area contributed by atoms with Crippen molar-refractivity contribution < 1.29 is 0 Å². The van der Waals surface area contributed by atoms with Gasteiger partial charge in [0, 0.05) is 50.3 Å². The van der Waals surface area contributed by atoms with Gasteiger partial charge < -0.3 is 0 Å². The summed E-state index contributed by atoms with van der Waals surface area (Å²) in [5.74, 6) is 0. The Morgan fingerprint density at radius 1 is 1.07 bits per heavy atom. The summed E-state index contributed by atoms with van der Waals surface area (Å²) in [6, 6.07) is 10.9. The number of fused-ring (bicyclic) bond motifs is 1. The molecule has 6 nitrogen and oxygen atoms in total. The second-order valence-electron chi connectivity index (χ2n) is 7.32. The predicted octanol–water partition coefficient (Wildman–Crippen LogP) is 3.34. The number of thiophene rings is 1. The second kappa shape index (κ2) is 7.43. The number of hydrogen-bond acceptors (Lipinski definition) is 6. The third kappa shape index (κ3) is 3.32. The van der Waals surface area contributed by atoms with Crippen LogP contribution in [0.3, 0.4) is 0 Å². The summed E-state index contributed by atoms with van der Waals surface area (Å²) >= 11 is 1.71. The highest BCUT2D eigenvalue weighted by molar-refractivity contribution is 7.08. The van der Waals surface area contributed by atoms with E-state index in [0.29, 0.717) is 0 Å². The van der Waals surface area contributed by atoms with Crippen molar-refractivity contribution in [2.45, 2.75) is 12.6 Å². The summed E-state index contributed by atoms with van der Waals surface area (Å²) in [4.78, 5) is 9.00. The number of rotatable bonds is 4. The molecule has 0 radical (unpaired) electrons. The largest absolute Gasteiger partial charge is 0.296 e. The monoisotopic (exact) mass is 390 g/mol. The third-order valence-electron chi connectivity index (χ3n) is 5.50. The van der Waals surface area contributed by atoms with E-state index in [1.165, 1.54) is 16.7 Å². The zero-order valence-electron chi connectivity index (χ0n) is 15.8. The van der Waals surface area contributed by atoms with E-state index in [4.69, 9.17) is 0 Å². The highest BCUT2D eigenvalue weighted by Gasteiger charge is 2.29. The minimum absolute atomic E-state index is 0.236. The van der Waals surface area contributed by atoms with Crippen LogP contribution in [-0.4, -0.2) is 56.3 Å². The quantitative estimate of drug-likeness (QED) is 0.535. The zero-order valence-corrected chi connectivity index (χ0v) is 16.6. The van der Waals surface area contributed by atoms with Crippen LogP contribution in [0.5, 0.6) is 0 Å². The number of nitrogens with zero attached hydrogens (tertiary/aromatic N) is 6. The van der Waals surface area contributed by atoms with Gasteiger partial charge in [0.1, 0.15) is 5.69 Å². The van der Waals surface area contributed by atoms with Crippen molar-refractivity contribution in [1.29, 1.82) is 0 Å². The second-order valence-corrected chi connectivity index (χ2v) is 8.10. The van der Waals surface area contributed by atoms with Crippen molar-refractivity contribution >= 4 is 16.9 Å². The molecule has 142 valence electrons. The van der Waals surface area contributed by atoms with Gasteiger partial charge in [0.25, 0.3) is 0 Å². The van der Waals surface area contributed by atoms with E-state index in [9.17, 15) is 0 Å². The lowest BCUT2D eigenvalue weighted by molar-refractivity contribution is 0.0889. The van der Waals surface area contributed by atoms with E-state index in [-0.39, 0.29) is 6.04 Å². The average Bonchev–Trinajstić information content (AvgIpc) is 3.40. The van der Waals surface area contributed by atoms with Gasteiger partial charge in [-0.15, -0.1) is 5.10 Å². The highest BCUT2D eigenvalue weighted by Crippen LogP contribution is 2.28. The number of pyridine rings is 2. The molecule has 1 fully saturated rings. The van der Waals surface area contributed by atoms with Crippen LogP contribution in [0.4, 0.5) is 0 Å². The summed E-state index contributed by atoms with van der Waals surface area (Å²) in [6.07, 6.45) is 5.80. The predicted molar refractivity (Wildman–Crippen MR) is 111 cm³/mol. The van der Waals surface area contributed by atoms with Crippen molar-refractivity contribution in [3.8, 4) is 11.1 Å². The molecule has 1 atom stereocenters. The van der Waals surface area contributed by atoms with Crippen LogP contribution in [0.15, 0.2) is 59.7 Å². The van der Waals surface area contributed by atoms with Crippen LogP contribution >= 0.6 is 11.3 Å². The lowest BCUT2D eigenvalue weighted by atomic mass is 10.1. The van der Waals surface area contributed by atoms with Gasteiger partial charge in [-0.2, -0.15) is 11.3 Å². The van der Waals surface area contributed by atoms with E-state index in [0.717, 1.165) is 37.4 Å². The number of aromatic nitrogens is 4. The maximum Gasteiger partial charge on any atom is 0.109 e. The first kappa shape index (κ1) is 17.5. The Morgan fingerprint density at radius 3 is 2.79 bits per heavy atom.